The summed E-state index contributed by atoms with van der Waals surface area (Å²) in [4.78, 5) is 11.9. The molecule has 0 spiro atoms. The Balaban J connectivity index is 1.81. The third-order valence-electron chi connectivity index (χ3n) is 3.36. The van der Waals surface area contributed by atoms with Gasteiger partial charge >= 0.3 is 0 Å². The summed E-state index contributed by atoms with van der Waals surface area (Å²) < 4.78 is 0. The number of amides is 1. The first-order valence-corrected chi connectivity index (χ1v) is 6.04. The molecule has 2 rings (SSSR count). The number of aryl methyl sites for hydroxylation is 1. The Morgan fingerprint density at radius 1 is 1.50 bits per heavy atom. The minimum atomic E-state index is 0.209. The van der Waals surface area contributed by atoms with Gasteiger partial charge in [-0.3, -0.25) is 9.89 Å². The van der Waals surface area contributed by atoms with Crippen LogP contribution in [0.5, 0.6) is 0 Å². The molecule has 1 aromatic heterocycles. The van der Waals surface area contributed by atoms with Gasteiger partial charge in [0, 0.05) is 23.7 Å². The predicted octanol–water partition coefficient (Wildman–Crippen LogP) is 1.91. The van der Waals surface area contributed by atoms with Gasteiger partial charge in [-0.2, -0.15) is 5.10 Å². The molecule has 1 saturated carbocycles. The number of carbonyl (C=O) groups excluding carboxylic acids is 1. The predicted molar refractivity (Wildman–Crippen MR) is 61.7 cm³/mol. The van der Waals surface area contributed by atoms with Gasteiger partial charge in [-0.1, -0.05) is 19.3 Å². The molecule has 1 aromatic rings. The number of aromatic nitrogens is 2. The molecule has 1 heterocycles. The van der Waals surface area contributed by atoms with E-state index in [1.54, 1.807) is 6.20 Å². The van der Waals surface area contributed by atoms with Gasteiger partial charge in [-0.25, -0.2) is 0 Å². The average Bonchev–Trinajstić information content (AvgIpc) is 2.73. The van der Waals surface area contributed by atoms with Crippen molar-refractivity contribution in [3.8, 4) is 0 Å². The number of nitrogens with zero attached hydrogens (tertiary/aromatic N) is 1. The molecule has 0 aliphatic heterocycles. The molecule has 1 fully saturated rings. The molecule has 4 nitrogen and oxygen atoms in total. The fraction of sp³-hybridized carbons (Fsp3) is 0.667. The fourth-order valence-electron chi connectivity index (χ4n) is 2.25. The minimum Gasteiger partial charge on any atom is -0.352 e. The summed E-state index contributed by atoms with van der Waals surface area (Å²) in [7, 11) is 0. The number of rotatable bonds is 3. The largest absolute Gasteiger partial charge is 0.352 e. The van der Waals surface area contributed by atoms with E-state index in [-0.39, 0.29) is 11.8 Å². The molecule has 0 saturated heterocycles. The van der Waals surface area contributed by atoms with Crippen LogP contribution in [0.1, 0.15) is 43.4 Å². The van der Waals surface area contributed by atoms with Gasteiger partial charge in [0.25, 0.3) is 0 Å². The molecular weight excluding hydrogens is 202 g/mol. The van der Waals surface area contributed by atoms with Crippen molar-refractivity contribution in [1.82, 2.24) is 15.5 Å². The average molecular weight is 221 g/mol. The number of hydrogen-bond acceptors (Lipinski definition) is 2. The molecule has 1 amide bonds. The summed E-state index contributed by atoms with van der Waals surface area (Å²) in [6.07, 6.45) is 7.55. The van der Waals surface area contributed by atoms with E-state index >= 15 is 0 Å². The quantitative estimate of drug-likeness (QED) is 0.819. The summed E-state index contributed by atoms with van der Waals surface area (Å²) >= 11 is 0. The Labute approximate surface area is 95.8 Å². The molecular formula is C12H19N3O. The molecule has 0 aromatic carbocycles. The zero-order valence-corrected chi connectivity index (χ0v) is 9.75. The number of nitrogens with one attached hydrogen (secondary N) is 2. The first kappa shape index (κ1) is 11.2. The van der Waals surface area contributed by atoms with Crippen molar-refractivity contribution in [2.24, 2.45) is 5.92 Å². The van der Waals surface area contributed by atoms with Gasteiger partial charge in [0.05, 0.1) is 6.20 Å². The Morgan fingerprint density at radius 3 is 2.88 bits per heavy atom. The standard InChI is InChI=1S/C12H19N3O/c1-9-11(8-14-15-9)7-13-12(16)10-5-3-2-4-6-10/h8,10H,2-7H2,1H3,(H,13,16)(H,14,15). The van der Waals surface area contributed by atoms with Gasteiger partial charge in [-0.15, -0.1) is 0 Å². The molecule has 1 aliphatic rings. The van der Waals surface area contributed by atoms with Crippen molar-refractivity contribution in [2.45, 2.75) is 45.6 Å². The van der Waals surface area contributed by atoms with Crippen molar-refractivity contribution in [3.63, 3.8) is 0 Å². The second-order valence-corrected chi connectivity index (χ2v) is 4.57. The molecule has 0 radical (unpaired) electrons. The van der Waals surface area contributed by atoms with E-state index in [4.69, 9.17) is 0 Å². The number of hydrogen-bond donors (Lipinski definition) is 2. The van der Waals surface area contributed by atoms with Crippen LogP contribution in [0.3, 0.4) is 0 Å². The first-order valence-electron chi connectivity index (χ1n) is 6.04. The minimum absolute atomic E-state index is 0.209. The zero-order valence-electron chi connectivity index (χ0n) is 9.75. The molecule has 2 N–H and O–H groups in total. The van der Waals surface area contributed by atoms with Gasteiger partial charge in [0.2, 0.25) is 5.91 Å². The Bertz CT molecular complexity index is 353. The lowest BCUT2D eigenvalue weighted by Gasteiger charge is -2.20. The van der Waals surface area contributed by atoms with E-state index in [2.05, 4.69) is 15.5 Å². The van der Waals surface area contributed by atoms with Gasteiger partial charge in [0.15, 0.2) is 0 Å². The normalized spacial score (nSPS) is 17.3. The first-order chi connectivity index (χ1) is 7.77. The van der Waals surface area contributed by atoms with Crippen LogP contribution in [0.25, 0.3) is 0 Å². The smallest absolute Gasteiger partial charge is 0.223 e. The molecule has 4 heteroatoms. The third-order valence-corrected chi connectivity index (χ3v) is 3.36. The molecule has 88 valence electrons. The van der Waals surface area contributed by atoms with Crippen LogP contribution in [-0.2, 0) is 11.3 Å². The van der Waals surface area contributed by atoms with E-state index in [1.807, 2.05) is 6.92 Å². The highest BCUT2D eigenvalue weighted by atomic mass is 16.1. The zero-order chi connectivity index (χ0) is 11.4. The maximum Gasteiger partial charge on any atom is 0.223 e. The van der Waals surface area contributed by atoms with Gasteiger partial charge in [0.1, 0.15) is 0 Å². The number of aromatic amines is 1. The van der Waals surface area contributed by atoms with E-state index in [0.717, 1.165) is 24.1 Å². The Kier molecular flexibility index (Phi) is 3.59. The van der Waals surface area contributed by atoms with Crippen LogP contribution in [0, 0.1) is 12.8 Å². The topological polar surface area (TPSA) is 57.8 Å². The van der Waals surface area contributed by atoms with Gasteiger partial charge in [-0.05, 0) is 19.8 Å². The number of carbonyl (C=O) groups is 1. The van der Waals surface area contributed by atoms with Crippen LogP contribution in [0.2, 0.25) is 0 Å². The van der Waals surface area contributed by atoms with E-state index in [0.29, 0.717) is 6.54 Å². The Hall–Kier alpha value is -1.32. The Morgan fingerprint density at radius 2 is 2.25 bits per heavy atom. The summed E-state index contributed by atoms with van der Waals surface area (Å²) in [6.45, 7) is 2.56. The summed E-state index contributed by atoms with van der Waals surface area (Å²) in [5, 5.41) is 9.80. The highest BCUT2D eigenvalue weighted by molar-refractivity contribution is 5.78. The summed E-state index contributed by atoms with van der Waals surface area (Å²) in [6, 6.07) is 0. The summed E-state index contributed by atoms with van der Waals surface area (Å²) in [5.74, 6) is 0.446. The fourth-order valence-corrected chi connectivity index (χ4v) is 2.25. The highest BCUT2D eigenvalue weighted by Gasteiger charge is 2.20. The van der Waals surface area contributed by atoms with Crippen molar-refractivity contribution in [2.75, 3.05) is 0 Å². The van der Waals surface area contributed by atoms with Crippen molar-refractivity contribution in [1.29, 1.82) is 0 Å². The van der Waals surface area contributed by atoms with Crippen LogP contribution in [0.4, 0.5) is 0 Å². The maximum absolute atomic E-state index is 11.9. The molecule has 0 unspecified atom stereocenters. The van der Waals surface area contributed by atoms with E-state index in [9.17, 15) is 4.79 Å². The van der Waals surface area contributed by atoms with E-state index < -0.39 is 0 Å². The van der Waals surface area contributed by atoms with Crippen LogP contribution >= 0.6 is 0 Å². The van der Waals surface area contributed by atoms with Crippen LogP contribution in [-0.4, -0.2) is 16.1 Å². The molecule has 1 aliphatic carbocycles. The van der Waals surface area contributed by atoms with Crippen molar-refractivity contribution < 1.29 is 4.79 Å². The molecule has 0 atom stereocenters. The highest BCUT2D eigenvalue weighted by Crippen LogP contribution is 2.23. The number of H-pyrrole nitrogens is 1. The van der Waals surface area contributed by atoms with E-state index in [1.165, 1.54) is 19.3 Å². The van der Waals surface area contributed by atoms with Crippen LogP contribution < -0.4 is 5.32 Å². The lowest BCUT2D eigenvalue weighted by molar-refractivity contribution is -0.126. The summed E-state index contributed by atoms with van der Waals surface area (Å²) in [5.41, 5.74) is 2.10. The third kappa shape index (κ3) is 2.62. The monoisotopic (exact) mass is 221 g/mol. The van der Waals surface area contributed by atoms with Crippen molar-refractivity contribution in [3.05, 3.63) is 17.5 Å². The second-order valence-electron chi connectivity index (χ2n) is 4.57. The molecule has 0 bridgehead atoms. The second kappa shape index (κ2) is 5.14. The maximum atomic E-state index is 11.9. The van der Waals surface area contributed by atoms with Crippen LogP contribution in [0.15, 0.2) is 6.20 Å². The lowest BCUT2D eigenvalue weighted by atomic mass is 9.88. The SMILES string of the molecule is Cc1[nH]ncc1CNC(=O)C1CCCCC1. The lowest BCUT2D eigenvalue weighted by Crippen LogP contribution is -2.31. The van der Waals surface area contributed by atoms with Gasteiger partial charge < -0.3 is 5.32 Å². The van der Waals surface area contributed by atoms with Crippen molar-refractivity contribution >= 4 is 5.91 Å². The molecule has 16 heavy (non-hydrogen) atoms.